The van der Waals surface area contributed by atoms with Crippen molar-refractivity contribution in [3.8, 4) is 0 Å². The Bertz CT molecular complexity index is 1050. The molecule has 35 heavy (non-hydrogen) atoms. The number of ether oxygens (including phenoxy) is 1. The molecular weight excluding hydrogens is 489 g/mol. The number of halogens is 2. The van der Waals surface area contributed by atoms with E-state index in [1.54, 1.807) is 23.1 Å². The van der Waals surface area contributed by atoms with E-state index in [1.165, 1.54) is 6.42 Å². The molecule has 2 N–H and O–H groups in total. The lowest BCUT2D eigenvalue weighted by Gasteiger charge is -2.36. The summed E-state index contributed by atoms with van der Waals surface area (Å²) >= 11 is 12.2. The van der Waals surface area contributed by atoms with Crippen LogP contribution in [0.2, 0.25) is 10.0 Å². The van der Waals surface area contributed by atoms with Crippen LogP contribution in [0.3, 0.4) is 0 Å². The van der Waals surface area contributed by atoms with Crippen molar-refractivity contribution in [2.24, 2.45) is 11.8 Å². The van der Waals surface area contributed by atoms with Gasteiger partial charge in [-0.2, -0.15) is 0 Å². The maximum absolute atomic E-state index is 13.9. The molecule has 1 spiro atoms. The van der Waals surface area contributed by atoms with Crippen molar-refractivity contribution in [2.75, 3.05) is 5.32 Å². The standard InChI is InChI=1S/C26H31Cl2N3O4/c1-3-14(2)31-22(24(33)29-17-7-5-4-6-8-17)26-10-9-19(35-26)20(21(26)25(31)34)23(32)30-18-12-15(27)11-16(28)13-18/h9-14,17,19-22H,3-8H2,1-2H3,(H,29,33)(H,30,32)/t14?,19-,20?,21-,22?,26?/m0/s1. The van der Waals surface area contributed by atoms with Gasteiger partial charge >= 0.3 is 0 Å². The lowest BCUT2D eigenvalue weighted by atomic mass is 9.74. The number of likely N-dealkylation sites (tertiary alicyclic amines) is 1. The molecule has 188 valence electrons. The molecule has 2 bridgehead atoms. The lowest BCUT2D eigenvalue weighted by Crippen LogP contribution is -2.58. The van der Waals surface area contributed by atoms with Crippen molar-refractivity contribution in [3.63, 3.8) is 0 Å². The second-order valence-electron chi connectivity index (χ2n) is 10.2. The molecule has 1 saturated carbocycles. The number of hydrogen-bond donors (Lipinski definition) is 2. The number of nitrogens with one attached hydrogen (secondary N) is 2. The van der Waals surface area contributed by atoms with E-state index in [2.05, 4.69) is 10.6 Å². The Kier molecular flexibility index (Phi) is 6.62. The van der Waals surface area contributed by atoms with Gasteiger partial charge < -0.3 is 20.3 Å². The van der Waals surface area contributed by atoms with Gasteiger partial charge in [0.05, 0.1) is 17.9 Å². The molecule has 9 heteroatoms. The van der Waals surface area contributed by atoms with Gasteiger partial charge in [0.25, 0.3) is 0 Å². The number of carbonyl (C=O) groups is 3. The Hall–Kier alpha value is -2.09. The maximum Gasteiger partial charge on any atom is 0.246 e. The molecule has 1 aromatic rings. The highest BCUT2D eigenvalue weighted by atomic mass is 35.5. The predicted octanol–water partition coefficient (Wildman–Crippen LogP) is 4.33. The third-order valence-electron chi connectivity index (χ3n) is 8.01. The highest BCUT2D eigenvalue weighted by Crippen LogP contribution is 2.55. The van der Waals surface area contributed by atoms with E-state index in [4.69, 9.17) is 27.9 Å². The molecule has 2 saturated heterocycles. The van der Waals surface area contributed by atoms with E-state index < -0.39 is 29.6 Å². The number of carbonyl (C=O) groups excluding carboxylic acids is 3. The first-order valence-corrected chi connectivity index (χ1v) is 13.3. The number of anilines is 1. The first-order chi connectivity index (χ1) is 16.7. The molecule has 5 rings (SSSR count). The van der Waals surface area contributed by atoms with Gasteiger partial charge in [-0.05, 0) is 44.4 Å². The minimum absolute atomic E-state index is 0.106. The topological polar surface area (TPSA) is 87.7 Å². The number of rotatable bonds is 6. The van der Waals surface area contributed by atoms with Crippen LogP contribution in [0.25, 0.3) is 0 Å². The summed E-state index contributed by atoms with van der Waals surface area (Å²) in [6.45, 7) is 3.93. The second-order valence-corrected chi connectivity index (χ2v) is 11.1. The van der Waals surface area contributed by atoms with Crippen LogP contribution in [0.5, 0.6) is 0 Å². The van der Waals surface area contributed by atoms with E-state index in [-0.39, 0.29) is 29.8 Å². The molecule has 3 heterocycles. The number of fused-ring (bicyclic) bond motifs is 1. The van der Waals surface area contributed by atoms with E-state index >= 15 is 0 Å². The summed E-state index contributed by atoms with van der Waals surface area (Å²) in [5, 5.41) is 6.85. The van der Waals surface area contributed by atoms with Crippen molar-refractivity contribution >= 4 is 46.6 Å². The zero-order valence-corrected chi connectivity index (χ0v) is 21.4. The molecule has 3 fully saturated rings. The SMILES string of the molecule is CCC(C)N1C(=O)[C@@H]2C(C(=O)Nc3cc(Cl)cc(Cl)c3)[C@@H]3C=CC2(O3)C1C(=O)NC1CCCCC1. The van der Waals surface area contributed by atoms with Crippen LogP contribution in [0.15, 0.2) is 30.4 Å². The van der Waals surface area contributed by atoms with E-state index in [0.717, 1.165) is 25.7 Å². The van der Waals surface area contributed by atoms with E-state index in [0.29, 0.717) is 22.2 Å². The van der Waals surface area contributed by atoms with Crippen LogP contribution in [0.4, 0.5) is 5.69 Å². The fourth-order valence-corrected chi connectivity index (χ4v) is 6.78. The Morgan fingerprint density at radius 2 is 1.83 bits per heavy atom. The van der Waals surface area contributed by atoms with Gasteiger partial charge in [0.2, 0.25) is 17.7 Å². The quantitative estimate of drug-likeness (QED) is 0.547. The Morgan fingerprint density at radius 3 is 2.49 bits per heavy atom. The largest absolute Gasteiger partial charge is 0.359 e. The minimum Gasteiger partial charge on any atom is -0.359 e. The van der Waals surface area contributed by atoms with Crippen LogP contribution in [-0.2, 0) is 19.1 Å². The van der Waals surface area contributed by atoms with Gasteiger partial charge in [0.1, 0.15) is 11.6 Å². The zero-order chi connectivity index (χ0) is 24.9. The third kappa shape index (κ3) is 4.15. The monoisotopic (exact) mass is 519 g/mol. The molecule has 1 aliphatic carbocycles. The number of benzene rings is 1. The summed E-state index contributed by atoms with van der Waals surface area (Å²) in [5.74, 6) is -2.29. The first-order valence-electron chi connectivity index (χ1n) is 12.5. The van der Waals surface area contributed by atoms with Crippen molar-refractivity contribution in [3.05, 3.63) is 40.4 Å². The molecule has 3 amide bonds. The normalized spacial score (nSPS) is 32.6. The first kappa shape index (κ1) is 24.6. The molecule has 1 aromatic carbocycles. The van der Waals surface area contributed by atoms with Gasteiger partial charge in [0, 0.05) is 27.8 Å². The number of amides is 3. The van der Waals surface area contributed by atoms with Crippen LogP contribution < -0.4 is 10.6 Å². The Morgan fingerprint density at radius 1 is 1.14 bits per heavy atom. The van der Waals surface area contributed by atoms with Crippen molar-refractivity contribution in [2.45, 2.75) is 82.2 Å². The molecule has 0 radical (unpaired) electrons. The summed E-state index contributed by atoms with van der Waals surface area (Å²) in [6.07, 6.45) is 9.01. The summed E-state index contributed by atoms with van der Waals surface area (Å²) in [6, 6.07) is 3.92. The maximum atomic E-state index is 13.9. The third-order valence-corrected chi connectivity index (χ3v) is 8.45. The summed E-state index contributed by atoms with van der Waals surface area (Å²) in [7, 11) is 0. The second kappa shape index (κ2) is 9.41. The van der Waals surface area contributed by atoms with Gasteiger partial charge in [-0.25, -0.2) is 0 Å². The van der Waals surface area contributed by atoms with E-state index in [1.807, 2.05) is 26.0 Å². The number of nitrogens with zero attached hydrogens (tertiary/aromatic N) is 1. The van der Waals surface area contributed by atoms with Gasteiger partial charge in [0.15, 0.2) is 0 Å². The summed E-state index contributed by atoms with van der Waals surface area (Å²) in [5.41, 5.74) is -0.707. The molecule has 6 atom stereocenters. The molecule has 4 unspecified atom stereocenters. The van der Waals surface area contributed by atoms with E-state index in [9.17, 15) is 14.4 Å². The zero-order valence-electron chi connectivity index (χ0n) is 19.9. The average Bonchev–Trinajstić information content (AvgIpc) is 3.45. The van der Waals surface area contributed by atoms with Crippen LogP contribution in [-0.4, -0.2) is 52.5 Å². The fraction of sp³-hybridized carbons (Fsp3) is 0.577. The Balaban J connectivity index is 1.45. The van der Waals surface area contributed by atoms with Crippen LogP contribution >= 0.6 is 23.2 Å². The molecule has 4 aliphatic rings. The molecular formula is C26H31Cl2N3O4. The average molecular weight is 520 g/mol. The van der Waals surface area contributed by atoms with Crippen LogP contribution in [0, 0.1) is 11.8 Å². The van der Waals surface area contributed by atoms with Crippen molar-refractivity contribution in [1.82, 2.24) is 10.2 Å². The lowest BCUT2D eigenvalue weighted by molar-refractivity contribution is -0.143. The molecule has 7 nitrogen and oxygen atoms in total. The van der Waals surface area contributed by atoms with Gasteiger partial charge in [-0.15, -0.1) is 0 Å². The van der Waals surface area contributed by atoms with Crippen LogP contribution in [0.1, 0.15) is 52.4 Å². The fourth-order valence-electron chi connectivity index (χ4n) is 6.26. The highest BCUT2D eigenvalue weighted by Gasteiger charge is 2.73. The summed E-state index contributed by atoms with van der Waals surface area (Å²) < 4.78 is 6.37. The van der Waals surface area contributed by atoms with Crippen molar-refractivity contribution < 1.29 is 19.1 Å². The minimum atomic E-state index is -1.15. The highest BCUT2D eigenvalue weighted by molar-refractivity contribution is 6.35. The molecule has 0 aromatic heterocycles. The molecule has 3 aliphatic heterocycles. The summed E-state index contributed by atoms with van der Waals surface area (Å²) in [4.78, 5) is 42.7. The van der Waals surface area contributed by atoms with Gasteiger partial charge in [-0.3, -0.25) is 14.4 Å². The Labute approximate surface area is 215 Å². The predicted molar refractivity (Wildman–Crippen MR) is 134 cm³/mol. The van der Waals surface area contributed by atoms with Gasteiger partial charge in [-0.1, -0.05) is 61.5 Å². The smallest absolute Gasteiger partial charge is 0.246 e. The number of hydrogen-bond acceptors (Lipinski definition) is 4. The van der Waals surface area contributed by atoms with Crippen molar-refractivity contribution in [1.29, 1.82) is 0 Å².